The average Bonchev–Trinajstić information content (AvgIpc) is 2.55. The van der Waals surface area contributed by atoms with Crippen LogP contribution >= 0.6 is 15.9 Å². The number of benzene rings is 2. The number of ether oxygens (including phenoxy) is 2. The molecule has 0 aliphatic carbocycles. The summed E-state index contributed by atoms with van der Waals surface area (Å²) in [6.45, 7) is 0. The Labute approximate surface area is 137 Å². The van der Waals surface area contributed by atoms with Crippen molar-refractivity contribution in [3.63, 3.8) is 0 Å². The molecule has 0 aromatic heterocycles. The zero-order chi connectivity index (χ0) is 15.9. The first kappa shape index (κ1) is 16.0. The van der Waals surface area contributed by atoms with Gasteiger partial charge >= 0.3 is 0 Å². The van der Waals surface area contributed by atoms with Gasteiger partial charge in [0.15, 0.2) is 0 Å². The van der Waals surface area contributed by atoms with E-state index in [-0.39, 0.29) is 5.91 Å². The van der Waals surface area contributed by atoms with E-state index in [1.807, 2.05) is 24.3 Å². The Balaban J connectivity index is 2.07. The number of methoxy groups -OCH3 is 2. The van der Waals surface area contributed by atoms with E-state index in [1.54, 1.807) is 31.5 Å². The third kappa shape index (κ3) is 4.08. The number of hydrazone groups is 1. The maximum absolute atomic E-state index is 12.1. The highest BCUT2D eigenvalue weighted by Gasteiger charge is 2.12. The van der Waals surface area contributed by atoms with Gasteiger partial charge in [0, 0.05) is 10.5 Å². The van der Waals surface area contributed by atoms with E-state index >= 15 is 0 Å². The molecule has 0 unspecified atom stereocenters. The van der Waals surface area contributed by atoms with Crippen LogP contribution in [-0.4, -0.2) is 26.3 Å². The predicted molar refractivity (Wildman–Crippen MR) is 88.7 cm³/mol. The van der Waals surface area contributed by atoms with Crippen LogP contribution in [0.25, 0.3) is 0 Å². The number of rotatable bonds is 5. The van der Waals surface area contributed by atoms with Gasteiger partial charge < -0.3 is 9.47 Å². The van der Waals surface area contributed by atoms with E-state index in [0.29, 0.717) is 17.1 Å². The van der Waals surface area contributed by atoms with Gasteiger partial charge in [0.05, 0.1) is 26.0 Å². The molecule has 2 aromatic carbocycles. The minimum Gasteiger partial charge on any atom is -0.497 e. The number of hydrogen-bond donors (Lipinski definition) is 1. The number of carbonyl (C=O) groups excluding carboxylic acids is 1. The molecule has 0 radical (unpaired) electrons. The van der Waals surface area contributed by atoms with E-state index in [4.69, 9.17) is 9.47 Å². The fraction of sp³-hybridized carbons (Fsp3) is 0.125. The number of carbonyl (C=O) groups is 1. The molecule has 1 amide bonds. The summed E-state index contributed by atoms with van der Waals surface area (Å²) in [7, 11) is 3.05. The Bertz CT molecular complexity index is 684. The largest absolute Gasteiger partial charge is 0.497 e. The molecule has 0 spiro atoms. The second kappa shape index (κ2) is 7.61. The fourth-order valence-electron chi connectivity index (χ4n) is 1.76. The van der Waals surface area contributed by atoms with E-state index in [2.05, 4.69) is 26.5 Å². The van der Waals surface area contributed by atoms with E-state index in [9.17, 15) is 4.79 Å². The molecule has 114 valence electrons. The van der Waals surface area contributed by atoms with Gasteiger partial charge in [0.1, 0.15) is 11.5 Å². The lowest BCUT2D eigenvalue weighted by Gasteiger charge is -2.08. The first-order chi connectivity index (χ1) is 10.6. The van der Waals surface area contributed by atoms with Gasteiger partial charge in [0.2, 0.25) is 0 Å². The van der Waals surface area contributed by atoms with Crippen LogP contribution in [0.15, 0.2) is 52.0 Å². The Morgan fingerprint density at radius 3 is 2.50 bits per heavy atom. The highest BCUT2D eigenvalue weighted by atomic mass is 79.9. The third-order valence-electron chi connectivity index (χ3n) is 2.90. The quantitative estimate of drug-likeness (QED) is 0.656. The van der Waals surface area contributed by atoms with E-state index in [0.717, 1.165) is 10.0 Å². The van der Waals surface area contributed by atoms with Crippen LogP contribution in [0.3, 0.4) is 0 Å². The molecule has 0 heterocycles. The smallest absolute Gasteiger partial charge is 0.275 e. The summed E-state index contributed by atoms with van der Waals surface area (Å²) in [5.74, 6) is 0.690. The molecule has 0 fully saturated rings. The molecule has 0 aliphatic rings. The molecule has 22 heavy (non-hydrogen) atoms. The summed E-state index contributed by atoms with van der Waals surface area (Å²) >= 11 is 3.36. The molecule has 2 rings (SSSR count). The van der Waals surface area contributed by atoms with Gasteiger partial charge in [-0.05, 0) is 29.8 Å². The van der Waals surface area contributed by atoms with Crippen molar-refractivity contribution in [3.8, 4) is 11.5 Å². The summed E-state index contributed by atoms with van der Waals surface area (Å²) in [4.78, 5) is 12.1. The van der Waals surface area contributed by atoms with Crippen molar-refractivity contribution in [1.29, 1.82) is 0 Å². The highest BCUT2D eigenvalue weighted by Crippen LogP contribution is 2.24. The molecular weight excluding hydrogens is 348 g/mol. The zero-order valence-corrected chi connectivity index (χ0v) is 13.8. The number of hydrogen-bond acceptors (Lipinski definition) is 4. The van der Waals surface area contributed by atoms with Crippen molar-refractivity contribution in [2.75, 3.05) is 14.2 Å². The van der Waals surface area contributed by atoms with Crippen LogP contribution in [0.2, 0.25) is 0 Å². The molecule has 5 nitrogen and oxygen atoms in total. The van der Waals surface area contributed by atoms with Crippen LogP contribution in [0.5, 0.6) is 11.5 Å². The molecule has 2 aromatic rings. The van der Waals surface area contributed by atoms with E-state index in [1.165, 1.54) is 7.11 Å². The van der Waals surface area contributed by atoms with Gasteiger partial charge in [-0.15, -0.1) is 0 Å². The lowest BCUT2D eigenvalue weighted by Crippen LogP contribution is -2.18. The van der Waals surface area contributed by atoms with Crippen molar-refractivity contribution in [2.45, 2.75) is 0 Å². The minimum absolute atomic E-state index is 0.354. The molecule has 6 heteroatoms. The first-order valence-electron chi connectivity index (χ1n) is 6.45. The first-order valence-corrected chi connectivity index (χ1v) is 7.24. The van der Waals surface area contributed by atoms with Crippen molar-refractivity contribution in [1.82, 2.24) is 5.43 Å². The number of halogens is 1. The van der Waals surface area contributed by atoms with Crippen LogP contribution in [0.4, 0.5) is 0 Å². The van der Waals surface area contributed by atoms with Crippen LogP contribution in [0, 0.1) is 0 Å². The van der Waals surface area contributed by atoms with Gasteiger partial charge in [-0.25, -0.2) is 5.43 Å². The second-order valence-electron chi connectivity index (χ2n) is 4.32. The molecule has 0 saturated carbocycles. The number of nitrogens with one attached hydrogen (secondary N) is 1. The minimum atomic E-state index is -0.354. The maximum Gasteiger partial charge on any atom is 0.275 e. The van der Waals surface area contributed by atoms with Gasteiger partial charge in [-0.1, -0.05) is 28.1 Å². The normalized spacial score (nSPS) is 10.5. The van der Waals surface area contributed by atoms with Crippen LogP contribution in [0.1, 0.15) is 15.9 Å². The molecule has 1 N–H and O–H groups in total. The molecule has 0 atom stereocenters. The fourth-order valence-corrected chi connectivity index (χ4v) is 2.02. The van der Waals surface area contributed by atoms with Gasteiger partial charge in [0.25, 0.3) is 5.91 Å². The maximum atomic E-state index is 12.1. The molecule has 0 bridgehead atoms. The van der Waals surface area contributed by atoms with Gasteiger partial charge in [-0.2, -0.15) is 5.10 Å². The average molecular weight is 363 g/mol. The summed E-state index contributed by atoms with van der Waals surface area (Å²) < 4.78 is 11.3. The van der Waals surface area contributed by atoms with Crippen LogP contribution < -0.4 is 14.9 Å². The molecular formula is C16H15BrN2O3. The lowest BCUT2D eigenvalue weighted by molar-refractivity contribution is 0.0952. The lowest BCUT2D eigenvalue weighted by atomic mass is 10.2. The monoisotopic (exact) mass is 362 g/mol. The van der Waals surface area contributed by atoms with Crippen molar-refractivity contribution < 1.29 is 14.3 Å². The summed E-state index contributed by atoms with van der Waals surface area (Å²) in [5.41, 5.74) is 3.74. The molecule has 0 saturated heterocycles. The Kier molecular flexibility index (Phi) is 5.55. The SMILES string of the molecule is COc1ccc(C(=O)NN=Cc2ccc(Br)cc2)c(OC)c1. The summed E-state index contributed by atoms with van der Waals surface area (Å²) in [5, 5.41) is 3.94. The van der Waals surface area contributed by atoms with Crippen LogP contribution in [-0.2, 0) is 0 Å². The van der Waals surface area contributed by atoms with Gasteiger partial charge in [-0.3, -0.25) is 4.79 Å². The highest BCUT2D eigenvalue weighted by molar-refractivity contribution is 9.10. The van der Waals surface area contributed by atoms with Crippen molar-refractivity contribution in [3.05, 3.63) is 58.1 Å². The molecule has 0 aliphatic heterocycles. The Morgan fingerprint density at radius 2 is 1.86 bits per heavy atom. The third-order valence-corrected chi connectivity index (χ3v) is 3.43. The summed E-state index contributed by atoms with van der Waals surface area (Å²) in [6.07, 6.45) is 1.57. The summed E-state index contributed by atoms with van der Waals surface area (Å²) in [6, 6.07) is 12.5. The van der Waals surface area contributed by atoms with Crippen molar-refractivity contribution in [2.24, 2.45) is 5.10 Å². The predicted octanol–water partition coefficient (Wildman–Crippen LogP) is 3.23. The zero-order valence-electron chi connectivity index (χ0n) is 12.2. The topological polar surface area (TPSA) is 59.9 Å². The second-order valence-corrected chi connectivity index (χ2v) is 5.23. The number of amides is 1. The van der Waals surface area contributed by atoms with E-state index < -0.39 is 0 Å². The Hall–Kier alpha value is -2.34. The standard InChI is InChI=1S/C16H15BrN2O3/c1-21-13-7-8-14(15(9-13)22-2)16(20)19-18-10-11-3-5-12(17)6-4-11/h3-10H,1-2H3,(H,19,20). The van der Waals surface area contributed by atoms with Crippen molar-refractivity contribution >= 4 is 28.1 Å². The number of nitrogens with zero attached hydrogens (tertiary/aromatic N) is 1. The Morgan fingerprint density at radius 1 is 1.14 bits per heavy atom.